The molecule has 3 heteroatoms. The number of nitrogens with zero attached hydrogens (tertiary/aromatic N) is 1. The van der Waals surface area contributed by atoms with Crippen LogP contribution >= 0.6 is 11.3 Å². The van der Waals surface area contributed by atoms with Crippen molar-refractivity contribution in [1.82, 2.24) is 0 Å². The number of hydrogen-bond acceptors (Lipinski definition) is 3. The monoisotopic (exact) mass is 871 g/mol. The van der Waals surface area contributed by atoms with Crippen LogP contribution < -0.4 is 4.90 Å². The molecule has 314 valence electrons. The number of furan rings is 1. The smallest absolute Gasteiger partial charge is 0.140 e. The molecule has 0 aliphatic heterocycles. The highest BCUT2D eigenvalue weighted by atomic mass is 32.1. The maximum absolute atomic E-state index is 7.03. The van der Waals surface area contributed by atoms with Crippen molar-refractivity contribution in [2.24, 2.45) is 0 Å². The summed E-state index contributed by atoms with van der Waals surface area (Å²) in [6.45, 7) is 4.75. The van der Waals surface area contributed by atoms with Gasteiger partial charge in [-0.3, -0.25) is 0 Å². The molecule has 0 radical (unpaired) electrons. The molecule has 0 saturated carbocycles. The second kappa shape index (κ2) is 13.3. The molecule has 0 amide bonds. The molecule has 15 rings (SSSR count). The first kappa shape index (κ1) is 37.3. The number of benzene rings is 10. The molecule has 0 fully saturated rings. The van der Waals surface area contributed by atoms with Crippen molar-refractivity contribution in [2.45, 2.75) is 24.7 Å². The Bertz CT molecular complexity index is 4040. The Balaban J connectivity index is 0.976. The van der Waals surface area contributed by atoms with Gasteiger partial charge in [0, 0.05) is 59.0 Å². The molecule has 2 nitrogen and oxygen atoms in total. The Morgan fingerprint density at radius 2 is 0.925 bits per heavy atom. The summed E-state index contributed by atoms with van der Waals surface area (Å²) in [5, 5.41) is 4.93. The second-order valence-electron chi connectivity index (χ2n) is 19.1. The zero-order chi connectivity index (χ0) is 44.2. The number of anilines is 3. The van der Waals surface area contributed by atoms with Gasteiger partial charge in [-0.1, -0.05) is 172 Å². The first-order valence-electron chi connectivity index (χ1n) is 23.3. The summed E-state index contributed by atoms with van der Waals surface area (Å²) in [6, 6.07) is 79.4. The summed E-state index contributed by atoms with van der Waals surface area (Å²) in [4.78, 5) is 2.49. The van der Waals surface area contributed by atoms with E-state index in [0.29, 0.717) is 0 Å². The van der Waals surface area contributed by atoms with Crippen molar-refractivity contribution in [3.05, 3.63) is 246 Å². The summed E-state index contributed by atoms with van der Waals surface area (Å²) in [5.41, 5.74) is 22.4. The minimum absolute atomic E-state index is 0.154. The van der Waals surface area contributed by atoms with E-state index in [4.69, 9.17) is 4.42 Å². The normalized spacial score (nSPS) is 14.4. The van der Waals surface area contributed by atoms with E-state index in [1.807, 2.05) is 11.3 Å². The third-order valence-electron chi connectivity index (χ3n) is 15.5. The zero-order valence-corrected chi connectivity index (χ0v) is 37.8. The van der Waals surface area contributed by atoms with Gasteiger partial charge in [-0.2, -0.15) is 0 Å². The quantitative estimate of drug-likeness (QED) is 0.175. The Morgan fingerprint density at radius 1 is 0.388 bits per heavy atom. The van der Waals surface area contributed by atoms with E-state index in [0.717, 1.165) is 39.0 Å². The standard InChI is InChI=1S/C64H41NOS/c1-63(2)53-21-8-3-14-43(53)46-32-30-40(36-56(46)63)65(39-28-26-38(27-29-39)42-19-13-20-52-49-18-7-12-25-59(49)67-62(42)52)41-31-33-47-50-34-35-51-48-17-6-11-24-58(48)66-61(51)60(50)64(57(47)37-41)54-22-9-4-15-44(54)45-16-5-10-23-55(45)64/h3-37H,1-2H3. The molecule has 2 aromatic heterocycles. The van der Waals surface area contributed by atoms with Gasteiger partial charge in [0.15, 0.2) is 0 Å². The molecule has 0 N–H and O–H groups in total. The van der Waals surface area contributed by atoms with Crippen molar-refractivity contribution in [1.29, 1.82) is 0 Å². The zero-order valence-electron chi connectivity index (χ0n) is 37.0. The van der Waals surface area contributed by atoms with Crippen LogP contribution in [-0.2, 0) is 10.8 Å². The van der Waals surface area contributed by atoms with Gasteiger partial charge in [0.1, 0.15) is 11.2 Å². The van der Waals surface area contributed by atoms with Gasteiger partial charge in [0.2, 0.25) is 0 Å². The third-order valence-corrected chi connectivity index (χ3v) is 16.7. The topological polar surface area (TPSA) is 16.4 Å². The summed E-state index contributed by atoms with van der Waals surface area (Å²) < 4.78 is 9.68. The van der Waals surface area contributed by atoms with Crippen LogP contribution in [0, 0.1) is 0 Å². The average molecular weight is 872 g/mol. The lowest BCUT2D eigenvalue weighted by Crippen LogP contribution is -2.26. The molecule has 1 spiro atoms. The first-order chi connectivity index (χ1) is 33.0. The van der Waals surface area contributed by atoms with Crippen LogP contribution in [0.15, 0.2) is 217 Å². The van der Waals surface area contributed by atoms with E-state index in [2.05, 4.69) is 231 Å². The molecular weight excluding hydrogens is 831 g/mol. The van der Waals surface area contributed by atoms with E-state index in [1.165, 1.54) is 98.1 Å². The fourth-order valence-electron chi connectivity index (χ4n) is 12.6. The Morgan fingerprint density at radius 3 is 1.67 bits per heavy atom. The molecule has 67 heavy (non-hydrogen) atoms. The van der Waals surface area contributed by atoms with Crippen LogP contribution in [-0.4, -0.2) is 0 Å². The number of rotatable bonds is 4. The summed E-state index contributed by atoms with van der Waals surface area (Å²) >= 11 is 1.88. The minimum atomic E-state index is -0.610. The fourth-order valence-corrected chi connectivity index (χ4v) is 13.8. The van der Waals surface area contributed by atoms with Gasteiger partial charge in [-0.05, 0) is 127 Å². The molecule has 0 saturated heterocycles. The average Bonchev–Trinajstić information content (AvgIpc) is 4.16. The Hall–Kier alpha value is -7.98. The SMILES string of the molecule is CC1(C)c2ccccc2-c2ccc(N(c3ccc(-c4cccc5c4sc4ccccc45)cc3)c3ccc4c(c3)C3(c5ccccc5-c5ccccc53)c3c-4ccc4c3oc3ccccc34)cc21. The number of thiophene rings is 1. The summed E-state index contributed by atoms with van der Waals surface area (Å²) in [7, 11) is 0. The molecule has 0 bridgehead atoms. The van der Waals surface area contributed by atoms with Crippen molar-refractivity contribution in [3.63, 3.8) is 0 Å². The highest BCUT2D eigenvalue weighted by molar-refractivity contribution is 7.26. The van der Waals surface area contributed by atoms with Gasteiger partial charge in [-0.15, -0.1) is 11.3 Å². The highest BCUT2D eigenvalue weighted by Gasteiger charge is 2.53. The van der Waals surface area contributed by atoms with Crippen molar-refractivity contribution < 1.29 is 4.42 Å². The largest absolute Gasteiger partial charge is 0.456 e. The predicted molar refractivity (Wildman–Crippen MR) is 281 cm³/mol. The highest BCUT2D eigenvalue weighted by Crippen LogP contribution is 2.65. The number of fused-ring (bicyclic) bond motifs is 20. The molecule has 2 heterocycles. The van der Waals surface area contributed by atoms with Gasteiger partial charge in [0.05, 0.1) is 5.41 Å². The molecule has 3 aliphatic rings. The van der Waals surface area contributed by atoms with Crippen LogP contribution in [0.25, 0.3) is 86.6 Å². The van der Waals surface area contributed by atoms with Gasteiger partial charge < -0.3 is 9.32 Å². The Labute approximate surface area is 392 Å². The van der Waals surface area contributed by atoms with Crippen LogP contribution in [0.4, 0.5) is 17.1 Å². The summed E-state index contributed by atoms with van der Waals surface area (Å²) in [6.07, 6.45) is 0. The molecular formula is C64H41NOS. The van der Waals surface area contributed by atoms with E-state index in [9.17, 15) is 0 Å². The van der Waals surface area contributed by atoms with Crippen molar-refractivity contribution >= 4 is 70.5 Å². The third kappa shape index (κ3) is 4.84. The van der Waals surface area contributed by atoms with Crippen molar-refractivity contribution in [2.75, 3.05) is 4.90 Å². The van der Waals surface area contributed by atoms with Crippen LogP contribution in [0.5, 0.6) is 0 Å². The maximum atomic E-state index is 7.03. The van der Waals surface area contributed by atoms with Crippen LogP contribution in [0.3, 0.4) is 0 Å². The second-order valence-corrected chi connectivity index (χ2v) is 20.1. The molecule has 10 aromatic carbocycles. The van der Waals surface area contributed by atoms with Gasteiger partial charge in [0.25, 0.3) is 0 Å². The number of hydrogen-bond donors (Lipinski definition) is 0. The predicted octanol–water partition coefficient (Wildman–Crippen LogP) is 17.7. The van der Waals surface area contributed by atoms with Crippen LogP contribution in [0.1, 0.15) is 47.2 Å². The lowest BCUT2D eigenvalue weighted by atomic mass is 9.70. The lowest BCUT2D eigenvalue weighted by molar-refractivity contribution is 0.652. The summed E-state index contributed by atoms with van der Waals surface area (Å²) in [5.74, 6) is 0. The Kier molecular flexibility index (Phi) is 7.41. The first-order valence-corrected chi connectivity index (χ1v) is 24.1. The van der Waals surface area contributed by atoms with Crippen molar-refractivity contribution in [3.8, 4) is 44.5 Å². The number of para-hydroxylation sites is 1. The fraction of sp³-hybridized carbons (Fsp3) is 0.0625. The molecule has 0 atom stereocenters. The van der Waals surface area contributed by atoms with E-state index < -0.39 is 5.41 Å². The maximum Gasteiger partial charge on any atom is 0.140 e. The molecule has 12 aromatic rings. The van der Waals surface area contributed by atoms with Crippen LogP contribution in [0.2, 0.25) is 0 Å². The van der Waals surface area contributed by atoms with E-state index in [-0.39, 0.29) is 5.41 Å². The lowest BCUT2D eigenvalue weighted by Gasteiger charge is -2.32. The molecule has 0 unspecified atom stereocenters. The molecule has 3 aliphatic carbocycles. The minimum Gasteiger partial charge on any atom is -0.456 e. The van der Waals surface area contributed by atoms with E-state index >= 15 is 0 Å². The van der Waals surface area contributed by atoms with E-state index in [1.54, 1.807) is 0 Å². The van der Waals surface area contributed by atoms with Gasteiger partial charge in [-0.25, -0.2) is 0 Å². The van der Waals surface area contributed by atoms with Gasteiger partial charge >= 0.3 is 0 Å².